The van der Waals surface area contributed by atoms with Gasteiger partial charge in [-0.1, -0.05) is 6.07 Å². The molecular formula is C8H7F4O6PS. The fourth-order valence-electron chi connectivity index (χ4n) is 1.11. The molecule has 0 N–H and O–H groups in total. The Morgan fingerprint density at radius 1 is 1.25 bits per heavy atom. The standard InChI is InChI=1S/C8H7F4O6PS/c9-5-2-1-3-6(18-8(10,11)12)7(5)20(14,15)17-4-16-19-13/h1-3H,4,19H2. The van der Waals surface area contributed by atoms with Crippen LogP contribution in [0.25, 0.3) is 0 Å². The van der Waals surface area contributed by atoms with E-state index in [1.165, 1.54) is 0 Å². The summed E-state index contributed by atoms with van der Waals surface area (Å²) in [5.41, 5.74) is 0. The molecule has 20 heavy (non-hydrogen) atoms. The van der Waals surface area contributed by atoms with Crippen molar-refractivity contribution in [1.82, 2.24) is 0 Å². The van der Waals surface area contributed by atoms with Gasteiger partial charge in [0.15, 0.2) is 26.1 Å². The predicted octanol–water partition coefficient (Wildman–Crippen LogP) is 2.07. The molecule has 0 aliphatic rings. The topological polar surface area (TPSA) is 78.9 Å². The molecule has 1 aromatic carbocycles. The van der Waals surface area contributed by atoms with Crippen LogP contribution >= 0.6 is 8.69 Å². The van der Waals surface area contributed by atoms with Crippen LogP contribution in [0.2, 0.25) is 0 Å². The van der Waals surface area contributed by atoms with Gasteiger partial charge in [0.25, 0.3) is 0 Å². The van der Waals surface area contributed by atoms with Crippen molar-refractivity contribution in [3.8, 4) is 5.75 Å². The maximum atomic E-state index is 13.4. The van der Waals surface area contributed by atoms with Gasteiger partial charge in [-0.05, 0) is 12.1 Å². The molecule has 0 bridgehead atoms. The van der Waals surface area contributed by atoms with E-state index in [0.717, 1.165) is 6.07 Å². The molecule has 0 aliphatic heterocycles. The highest BCUT2D eigenvalue weighted by Gasteiger charge is 2.35. The molecule has 1 atom stereocenters. The SMILES string of the molecule is O=[PH2]OCOS(=O)(=O)c1c(F)cccc1OC(F)(F)F. The Hall–Kier alpha value is -1.16. The first-order valence-corrected chi connectivity index (χ1v) is 7.01. The molecule has 0 aliphatic carbocycles. The van der Waals surface area contributed by atoms with Gasteiger partial charge in [0, 0.05) is 0 Å². The lowest BCUT2D eigenvalue weighted by atomic mass is 10.3. The lowest BCUT2D eigenvalue weighted by Gasteiger charge is -2.13. The molecule has 1 rings (SSSR count). The third kappa shape index (κ3) is 4.75. The average molecular weight is 338 g/mol. The summed E-state index contributed by atoms with van der Waals surface area (Å²) < 4.78 is 94.5. The Kier molecular flexibility index (Phi) is 5.51. The Morgan fingerprint density at radius 3 is 2.45 bits per heavy atom. The zero-order valence-electron chi connectivity index (χ0n) is 9.39. The van der Waals surface area contributed by atoms with E-state index in [1.54, 1.807) is 0 Å². The molecule has 0 saturated heterocycles. The van der Waals surface area contributed by atoms with Crippen LogP contribution in [0.15, 0.2) is 23.1 Å². The summed E-state index contributed by atoms with van der Waals surface area (Å²) in [6, 6.07) is 2.04. The van der Waals surface area contributed by atoms with E-state index in [0.29, 0.717) is 12.1 Å². The summed E-state index contributed by atoms with van der Waals surface area (Å²) in [7, 11) is -6.71. The van der Waals surface area contributed by atoms with Gasteiger partial charge in [-0.25, -0.2) is 8.57 Å². The minimum Gasteiger partial charge on any atom is -0.404 e. The molecule has 1 unspecified atom stereocenters. The van der Waals surface area contributed by atoms with Gasteiger partial charge in [-0.3, -0.25) is 4.57 Å². The first kappa shape index (κ1) is 16.9. The third-order valence-corrected chi connectivity index (χ3v) is 3.32. The zero-order chi connectivity index (χ0) is 15.4. The summed E-state index contributed by atoms with van der Waals surface area (Å²) >= 11 is 0. The normalized spacial score (nSPS) is 13.0. The lowest BCUT2D eigenvalue weighted by molar-refractivity contribution is -0.275. The van der Waals surface area contributed by atoms with Gasteiger partial charge in [-0.15, -0.1) is 13.2 Å². The van der Waals surface area contributed by atoms with Crippen LogP contribution in [-0.2, 0) is 23.4 Å². The molecule has 6 nitrogen and oxygen atoms in total. The fraction of sp³-hybridized carbons (Fsp3) is 0.250. The van der Waals surface area contributed by atoms with Crippen LogP contribution in [0.3, 0.4) is 0 Å². The van der Waals surface area contributed by atoms with Crippen molar-refractivity contribution < 1.29 is 44.0 Å². The van der Waals surface area contributed by atoms with Crippen LogP contribution < -0.4 is 4.74 Å². The van der Waals surface area contributed by atoms with Crippen molar-refractivity contribution >= 4 is 18.8 Å². The molecule has 1 aromatic rings. The van der Waals surface area contributed by atoms with Crippen LogP contribution in [0.1, 0.15) is 0 Å². The Morgan fingerprint density at radius 2 is 1.90 bits per heavy atom. The second-order valence-electron chi connectivity index (χ2n) is 3.07. The number of alkyl halides is 3. The molecule has 0 spiro atoms. The Balaban J connectivity index is 3.18. The average Bonchev–Trinajstić information content (AvgIpc) is 2.26. The first-order valence-electron chi connectivity index (χ1n) is 4.66. The van der Waals surface area contributed by atoms with E-state index >= 15 is 0 Å². The zero-order valence-corrected chi connectivity index (χ0v) is 11.4. The maximum Gasteiger partial charge on any atom is 0.573 e. The summed E-state index contributed by atoms with van der Waals surface area (Å²) in [6.45, 7) is -1.03. The van der Waals surface area contributed by atoms with E-state index in [-0.39, 0.29) is 0 Å². The number of benzene rings is 1. The Labute approximate surface area is 111 Å². The number of hydrogen-bond donors (Lipinski definition) is 0. The maximum absolute atomic E-state index is 13.4. The smallest absolute Gasteiger partial charge is 0.404 e. The number of rotatable bonds is 6. The largest absolute Gasteiger partial charge is 0.573 e. The second-order valence-corrected chi connectivity index (χ2v) is 5.15. The Bertz CT molecular complexity index is 587. The molecule has 0 aromatic heterocycles. The van der Waals surface area contributed by atoms with Crippen LogP contribution in [-0.4, -0.2) is 21.6 Å². The van der Waals surface area contributed by atoms with E-state index in [4.69, 9.17) is 0 Å². The van der Waals surface area contributed by atoms with Crippen molar-refractivity contribution in [2.75, 3.05) is 6.79 Å². The van der Waals surface area contributed by atoms with Gasteiger partial charge in [-0.2, -0.15) is 8.42 Å². The fourth-order valence-corrected chi connectivity index (χ4v) is 2.30. The molecular weight excluding hydrogens is 331 g/mol. The lowest BCUT2D eigenvalue weighted by Crippen LogP contribution is -2.20. The highest BCUT2D eigenvalue weighted by molar-refractivity contribution is 7.86. The van der Waals surface area contributed by atoms with Crippen LogP contribution in [0.4, 0.5) is 17.6 Å². The number of ether oxygens (including phenoxy) is 1. The number of hydrogen-bond acceptors (Lipinski definition) is 6. The predicted molar refractivity (Wildman–Crippen MR) is 57.7 cm³/mol. The molecule has 0 saturated carbocycles. The van der Waals surface area contributed by atoms with E-state index in [9.17, 15) is 30.5 Å². The van der Waals surface area contributed by atoms with Crippen molar-refractivity contribution in [3.63, 3.8) is 0 Å². The highest BCUT2D eigenvalue weighted by Crippen LogP contribution is 2.32. The molecule has 12 heteroatoms. The van der Waals surface area contributed by atoms with E-state index < -0.39 is 48.4 Å². The molecule has 114 valence electrons. The summed E-state index contributed by atoms with van der Waals surface area (Å²) in [5, 5.41) is 0. The minimum absolute atomic E-state index is 0.604. The van der Waals surface area contributed by atoms with Crippen molar-refractivity contribution in [2.24, 2.45) is 0 Å². The number of halogens is 4. The van der Waals surface area contributed by atoms with Gasteiger partial charge < -0.3 is 9.26 Å². The van der Waals surface area contributed by atoms with E-state index in [1.807, 2.05) is 0 Å². The van der Waals surface area contributed by atoms with E-state index in [2.05, 4.69) is 13.4 Å². The van der Waals surface area contributed by atoms with Crippen molar-refractivity contribution in [3.05, 3.63) is 24.0 Å². The van der Waals surface area contributed by atoms with Gasteiger partial charge in [0.1, 0.15) is 5.82 Å². The summed E-state index contributed by atoms with van der Waals surface area (Å²) in [4.78, 5) is -1.43. The third-order valence-electron chi connectivity index (χ3n) is 1.75. The van der Waals surface area contributed by atoms with Gasteiger partial charge >= 0.3 is 16.5 Å². The highest BCUT2D eigenvalue weighted by atomic mass is 32.2. The summed E-state index contributed by atoms with van der Waals surface area (Å²) in [5.74, 6) is -2.78. The van der Waals surface area contributed by atoms with Crippen LogP contribution in [0, 0.1) is 5.82 Å². The first-order chi connectivity index (χ1) is 9.17. The molecule has 0 heterocycles. The van der Waals surface area contributed by atoms with Crippen molar-refractivity contribution in [2.45, 2.75) is 11.3 Å². The molecule has 0 amide bonds. The van der Waals surface area contributed by atoms with Crippen molar-refractivity contribution in [1.29, 1.82) is 0 Å². The minimum atomic E-state index is -5.21. The van der Waals surface area contributed by atoms with Crippen LogP contribution in [0.5, 0.6) is 5.75 Å². The molecule has 0 fully saturated rings. The van der Waals surface area contributed by atoms with Gasteiger partial charge in [0.2, 0.25) is 0 Å². The quantitative estimate of drug-likeness (QED) is 0.260. The monoisotopic (exact) mass is 338 g/mol. The summed E-state index contributed by atoms with van der Waals surface area (Å²) in [6.07, 6.45) is -5.21. The van der Waals surface area contributed by atoms with Gasteiger partial charge in [0.05, 0.1) is 0 Å². The second kappa shape index (κ2) is 6.53. The molecule has 0 radical (unpaired) electrons.